The van der Waals surface area contributed by atoms with Crippen molar-refractivity contribution in [2.24, 2.45) is 5.73 Å². The lowest BCUT2D eigenvalue weighted by atomic mass is 9.97. The summed E-state index contributed by atoms with van der Waals surface area (Å²) >= 11 is 0. The van der Waals surface area contributed by atoms with Crippen LogP contribution in [-0.2, 0) is 11.2 Å². The zero-order chi connectivity index (χ0) is 24.5. The smallest absolute Gasteiger partial charge is 0.253 e. The van der Waals surface area contributed by atoms with Crippen molar-refractivity contribution in [1.29, 1.82) is 0 Å². The molecule has 1 saturated heterocycles. The Morgan fingerprint density at radius 3 is 2.03 bits per heavy atom. The molecule has 2 aromatic carbocycles. The van der Waals surface area contributed by atoms with E-state index < -0.39 is 5.91 Å². The van der Waals surface area contributed by atoms with Crippen LogP contribution in [0.25, 0.3) is 16.7 Å². The van der Waals surface area contributed by atoms with Crippen LogP contribution in [0, 0.1) is 0 Å². The molecule has 3 amide bonds. The second kappa shape index (κ2) is 9.18. The van der Waals surface area contributed by atoms with Gasteiger partial charge in [0.1, 0.15) is 0 Å². The molecule has 0 radical (unpaired) electrons. The highest BCUT2D eigenvalue weighted by atomic mass is 16.2. The molecule has 0 spiro atoms. The van der Waals surface area contributed by atoms with Crippen molar-refractivity contribution in [3.63, 3.8) is 0 Å². The third-order valence-electron chi connectivity index (χ3n) is 6.72. The molecular formula is C28H26N4O3. The normalized spacial score (nSPS) is 14.9. The Morgan fingerprint density at radius 2 is 1.40 bits per heavy atom. The lowest BCUT2D eigenvalue weighted by Crippen LogP contribution is -2.50. The predicted octanol–water partition coefficient (Wildman–Crippen LogP) is 3.14. The minimum absolute atomic E-state index is 0.0172. The summed E-state index contributed by atoms with van der Waals surface area (Å²) in [5.41, 5.74) is 12.6. The highest BCUT2D eigenvalue weighted by Crippen LogP contribution is 2.34. The molecule has 2 heterocycles. The highest BCUT2D eigenvalue weighted by molar-refractivity contribution is 5.95. The number of carbonyl (C=O) groups excluding carboxylic acids is 3. The second-order valence-corrected chi connectivity index (χ2v) is 8.86. The number of allylic oxidation sites excluding steroid dienone is 1. The first-order valence-corrected chi connectivity index (χ1v) is 11.7. The van der Waals surface area contributed by atoms with E-state index in [9.17, 15) is 14.4 Å². The van der Waals surface area contributed by atoms with Crippen LogP contribution in [0.2, 0.25) is 0 Å². The van der Waals surface area contributed by atoms with Crippen molar-refractivity contribution < 1.29 is 14.4 Å². The van der Waals surface area contributed by atoms with Gasteiger partial charge in [-0.2, -0.15) is 0 Å². The van der Waals surface area contributed by atoms with Crippen LogP contribution >= 0.6 is 0 Å². The van der Waals surface area contributed by atoms with Gasteiger partial charge in [-0.25, -0.2) is 0 Å². The van der Waals surface area contributed by atoms with Crippen molar-refractivity contribution in [1.82, 2.24) is 14.8 Å². The Labute approximate surface area is 203 Å². The molecule has 35 heavy (non-hydrogen) atoms. The quantitative estimate of drug-likeness (QED) is 0.639. The number of hydrogen-bond donors (Lipinski definition) is 1. The van der Waals surface area contributed by atoms with E-state index in [-0.39, 0.29) is 11.8 Å². The van der Waals surface area contributed by atoms with E-state index in [1.54, 1.807) is 28.9 Å². The van der Waals surface area contributed by atoms with E-state index >= 15 is 0 Å². The Kier molecular flexibility index (Phi) is 5.91. The molecule has 7 heteroatoms. The summed E-state index contributed by atoms with van der Waals surface area (Å²) in [6.07, 6.45) is 4.77. The zero-order valence-corrected chi connectivity index (χ0v) is 19.5. The van der Waals surface area contributed by atoms with Crippen molar-refractivity contribution in [3.05, 3.63) is 94.8 Å². The summed E-state index contributed by atoms with van der Waals surface area (Å²) in [4.78, 5) is 44.1. The van der Waals surface area contributed by atoms with Gasteiger partial charge in [-0.1, -0.05) is 30.3 Å². The molecule has 176 valence electrons. The monoisotopic (exact) mass is 466 g/mol. The van der Waals surface area contributed by atoms with Gasteiger partial charge in [0.25, 0.3) is 5.91 Å². The standard InChI is InChI=1S/C28H26N4O3/c1-18(33)31-12-14-32(15-13-31)28(35)22-8-2-19(3-9-22)23-16-25-24(10-11-26(25)30-17-23)20-4-6-21(7-5-20)27(29)34/h2-10,16-17H,11-15H2,1H3,(H2,29,34). The molecule has 0 atom stereocenters. The first-order valence-electron chi connectivity index (χ1n) is 11.7. The number of aromatic nitrogens is 1. The first-order chi connectivity index (χ1) is 16.9. The third-order valence-corrected chi connectivity index (χ3v) is 6.72. The molecule has 5 rings (SSSR count). The fourth-order valence-corrected chi connectivity index (χ4v) is 4.66. The summed E-state index contributed by atoms with van der Waals surface area (Å²) in [5.74, 6) is -0.414. The molecule has 2 aliphatic rings. The van der Waals surface area contributed by atoms with Gasteiger partial charge >= 0.3 is 0 Å². The number of piperazine rings is 1. The fraction of sp³-hybridized carbons (Fsp3) is 0.214. The first kappa shape index (κ1) is 22.5. The molecule has 1 aliphatic carbocycles. The van der Waals surface area contributed by atoms with Gasteiger partial charge in [0.15, 0.2) is 0 Å². The predicted molar refractivity (Wildman–Crippen MR) is 134 cm³/mol. The minimum Gasteiger partial charge on any atom is -0.366 e. The molecule has 0 bridgehead atoms. The van der Waals surface area contributed by atoms with Crippen LogP contribution in [0.5, 0.6) is 0 Å². The Hall–Kier alpha value is -4.26. The van der Waals surface area contributed by atoms with Crippen LogP contribution < -0.4 is 5.73 Å². The van der Waals surface area contributed by atoms with E-state index in [4.69, 9.17) is 5.73 Å². The minimum atomic E-state index is -0.443. The average Bonchev–Trinajstić information content (AvgIpc) is 3.32. The van der Waals surface area contributed by atoms with Crippen molar-refractivity contribution in [3.8, 4) is 11.1 Å². The van der Waals surface area contributed by atoms with Crippen LogP contribution in [-0.4, -0.2) is 58.7 Å². The Balaban J connectivity index is 1.33. The number of benzene rings is 2. The summed E-state index contributed by atoms with van der Waals surface area (Å²) in [7, 11) is 0. The topological polar surface area (TPSA) is 96.6 Å². The molecule has 1 fully saturated rings. The van der Waals surface area contributed by atoms with E-state index in [0.717, 1.165) is 39.9 Å². The van der Waals surface area contributed by atoms with Gasteiger partial charge in [0.05, 0.1) is 5.69 Å². The highest BCUT2D eigenvalue weighted by Gasteiger charge is 2.23. The number of pyridine rings is 1. The maximum absolute atomic E-state index is 12.9. The van der Waals surface area contributed by atoms with E-state index in [1.165, 1.54) is 0 Å². The van der Waals surface area contributed by atoms with Gasteiger partial charge in [0, 0.05) is 68.0 Å². The van der Waals surface area contributed by atoms with Crippen molar-refractivity contribution in [2.75, 3.05) is 26.2 Å². The van der Waals surface area contributed by atoms with Gasteiger partial charge in [-0.15, -0.1) is 0 Å². The summed E-state index contributed by atoms with van der Waals surface area (Å²) in [5, 5.41) is 0. The molecular weight excluding hydrogens is 440 g/mol. The summed E-state index contributed by atoms with van der Waals surface area (Å²) in [6.45, 7) is 3.79. The maximum atomic E-state index is 12.9. The zero-order valence-electron chi connectivity index (χ0n) is 19.5. The number of nitrogens with zero attached hydrogens (tertiary/aromatic N) is 3. The van der Waals surface area contributed by atoms with E-state index in [0.29, 0.717) is 37.3 Å². The number of amides is 3. The number of nitrogens with two attached hydrogens (primary N) is 1. The molecule has 0 unspecified atom stereocenters. The molecule has 1 aromatic heterocycles. The lowest BCUT2D eigenvalue weighted by molar-refractivity contribution is -0.130. The van der Waals surface area contributed by atoms with Crippen molar-refractivity contribution >= 4 is 23.3 Å². The number of rotatable bonds is 4. The average molecular weight is 467 g/mol. The second-order valence-electron chi connectivity index (χ2n) is 8.86. The third kappa shape index (κ3) is 4.45. The van der Waals surface area contributed by atoms with Gasteiger partial charge < -0.3 is 15.5 Å². The molecule has 2 N–H and O–H groups in total. The number of primary amides is 1. The number of fused-ring (bicyclic) bond motifs is 1. The summed E-state index contributed by atoms with van der Waals surface area (Å²) < 4.78 is 0. The lowest BCUT2D eigenvalue weighted by Gasteiger charge is -2.34. The maximum Gasteiger partial charge on any atom is 0.253 e. The largest absolute Gasteiger partial charge is 0.366 e. The van der Waals surface area contributed by atoms with Crippen LogP contribution in [0.3, 0.4) is 0 Å². The molecule has 7 nitrogen and oxygen atoms in total. The summed E-state index contributed by atoms with van der Waals surface area (Å²) in [6, 6.07) is 17.0. The van der Waals surface area contributed by atoms with Gasteiger partial charge in [-0.3, -0.25) is 19.4 Å². The molecule has 1 aliphatic heterocycles. The molecule has 0 saturated carbocycles. The molecule has 3 aromatic rings. The fourth-order valence-electron chi connectivity index (χ4n) is 4.66. The Morgan fingerprint density at radius 1 is 0.800 bits per heavy atom. The SMILES string of the molecule is CC(=O)N1CCN(C(=O)c2ccc(-c3cnc4c(c3)C(c3ccc(C(N)=O)cc3)=CC4)cc2)CC1. The van der Waals surface area contributed by atoms with Crippen molar-refractivity contribution in [2.45, 2.75) is 13.3 Å². The van der Waals surface area contributed by atoms with Crippen LogP contribution in [0.15, 0.2) is 66.9 Å². The van der Waals surface area contributed by atoms with E-state index in [2.05, 4.69) is 17.1 Å². The number of hydrogen-bond acceptors (Lipinski definition) is 4. The van der Waals surface area contributed by atoms with E-state index in [1.807, 2.05) is 42.6 Å². The van der Waals surface area contributed by atoms with Crippen LogP contribution in [0.1, 0.15) is 44.5 Å². The Bertz CT molecular complexity index is 1340. The number of carbonyl (C=O) groups is 3. The van der Waals surface area contributed by atoms with Gasteiger partial charge in [-0.05, 0) is 47.0 Å². The van der Waals surface area contributed by atoms with Crippen LogP contribution in [0.4, 0.5) is 0 Å². The van der Waals surface area contributed by atoms with Gasteiger partial charge in [0.2, 0.25) is 11.8 Å².